The lowest BCUT2D eigenvalue weighted by molar-refractivity contribution is 0.208. The molecule has 0 aliphatic rings. The third kappa shape index (κ3) is 5.20. The monoisotopic (exact) mass is 367 g/mol. The molecule has 27 heavy (non-hydrogen) atoms. The third-order valence-corrected chi connectivity index (χ3v) is 4.29. The summed E-state index contributed by atoms with van der Waals surface area (Å²) in [4.78, 5) is 25.8. The van der Waals surface area contributed by atoms with E-state index in [-0.39, 0.29) is 6.03 Å². The minimum atomic E-state index is -0.0938. The van der Waals surface area contributed by atoms with E-state index >= 15 is 0 Å². The van der Waals surface area contributed by atoms with Crippen LogP contribution >= 0.6 is 0 Å². The number of H-pyrrole nitrogens is 1. The number of para-hydroxylation sites is 1. The summed E-state index contributed by atoms with van der Waals surface area (Å²) in [5.41, 5.74) is 3.17. The number of amides is 2. The highest BCUT2D eigenvalue weighted by Crippen LogP contribution is 2.15. The minimum absolute atomic E-state index is 0.0938. The van der Waals surface area contributed by atoms with E-state index in [9.17, 15) is 4.79 Å². The summed E-state index contributed by atoms with van der Waals surface area (Å²) in [6, 6.07) is 9.67. The van der Waals surface area contributed by atoms with Crippen LogP contribution in [0, 0.1) is 6.92 Å². The van der Waals surface area contributed by atoms with Gasteiger partial charge in [-0.3, -0.25) is 4.98 Å². The number of nitrogens with one attached hydrogen (secondary N) is 2. The molecule has 7 heteroatoms. The first kappa shape index (κ1) is 18.7. The number of fused-ring (bicyclic) bond motifs is 1. The highest BCUT2D eigenvalue weighted by atomic mass is 16.5. The van der Waals surface area contributed by atoms with E-state index < -0.39 is 0 Å². The zero-order valence-corrected chi connectivity index (χ0v) is 15.7. The molecule has 142 valence electrons. The minimum Gasteiger partial charge on any atom is -0.492 e. The zero-order valence-electron chi connectivity index (χ0n) is 15.7. The Labute approximate surface area is 158 Å². The molecule has 0 unspecified atom stereocenters. The molecule has 2 aromatic heterocycles. The largest absolute Gasteiger partial charge is 0.492 e. The van der Waals surface area contributed by atoms with Gasteiger partial charge in [0.15, 0.2) is 0 Å². The number of likely N-dealkylation sites (N-methyl/N-ethyl adjacent to an activating group) is 1. The number of hydrogen-bond acceptors (Lipinski definition) is 4. The van der Waals surface area contributed by atoms with Crippen LogP contribution < -0.4 is 10.1 Å². The van der Waals surface area contributed by atoms with Gasteiger partial charge < -0.3 is 19.9 Å². The predicted octanol–water partition coefficient (Wildman–Crippen LogP) is 2.92. The Bertz CT molecular complexity index is 878. The SMILES string of the molecule is Cc1cccc2[nH]c(CCN(C)C(=O)NCCCOc3cccnc3)nc12. The number of benzene rings is 1. The number of aromatic nitrogens is 3. The van der Waals surface area contributed by atoms with Crippen molar-refractivity contribution in [1.29, 1.82) is 0 Å². The van der Waals surface area contributed by atoms with Crippen molar-refractivity contribution in [3.63, 3.8) is 0 Å². The van der Waals surface area contributed by atoms with E-state index in [1.54, 1.807) is 24.3 Å². The molecular weight excluding hydrogens is 342 g/mol. The third-order valence-electron chi connectivity index (χ3n) is 4.29. The fraction of sp³-hybridized carbons (Fsp3) is 0.350. The summed E-state index contributed by atoms with van der Waals surface area (Å²) in [6.45, 7) is 3.74. The van der Waals surface area contributed by atoms with Crippen molar-refractivity contribution in [1.82, 2.24) is 25.2 Å². The summed E-state index contributed by atoms with van der Waals surface area (Å²) in [6.07, 6.45) is 4.79. The number of rotatable bonds is 8. The maximum atomic E-state index is 12.2. The van der Waals surface area contributed by atoms with Crippen LogP contribution in [0.1, 0.15) is 17.8 Å². The van der Waals surface area contributed by atoms with Gasteiger partial charge in [0, 0.05) is 32.8 Å². The topological polar surface area (TPSA) is 83.1 Å². The van der Waals surface area contributed by atoms with Gasteiger partial charge in [-0.25, -0.2) is 9.78 Å². The van der Waals surface area contributed by atoms with Crippen LogP contribution in [-0.4, -0.2) is 52.6 Å². The Morgan fingerprint density at radius 3 is 2.96 bits per heavy atom. The van der Waals surface area contributed by atoms with Gasteiger partial charge in [0.25, 0.3) is 0 Å². The van der Waals surface area contributed by atoms with Crippen molar-refractivity contribution < 1.29 is 9.53 Å². The molecular formula is C20H25N5O2. The number of aryl methyl sites for hydroxylation is 1. The van der Waals surface area contributed by atoms with Crippen LogP contribution in [0.5, 0.6) is 5.75 Å². The van der Waals surface area contributed by atoms with Gasteiger partial charge in [0.05, 0.1) is 23.8 Å². The van der Waals surface area contributed by atoms with Gasteiger partial charge in [-0.05, 0) is 37.1 Å². The fourth-order valence-corrected chi connectivity index (χ4v) is 2.75. The Morgan fingerprint density at radius 2 is 2.19 bits per heavy atom. The number of aromatic amines is 1. The zero-order chi connectivity index (χ0) is 19.1. The number of carbonyl (C=O) groups excluding carboxylic acids is 1. The number of urea groups is 1. The lowest BCUT2D eigenvalue weighted by atomic mass is 10.2. The summed E-state index contributed by atoms with van der Waals surface area (Å²) < 4.78 is 5.55. The Balaban J connectivity index is 1.36. The van der Waals surface area contributed by atoms with Gasteiger partial charge in [0.2, 0.25) is 0 Å². The van der Waals surface area contributed by atoms with Gasteiger partial charge in [0.1, 0.15) is 11.6 Å². The van der Waals surface area contributed by atoms with Crippen molar-refractivity contribution in [2.45, 2.75) is 19.8 Å². The van der Waals surface area contributed by atoms with Crippen LogP contribution in [0.15, 0.2) is 42.7 Å². The molecule has 0 bridgehead atoms. The number of imidazole rings is 1. The summed E-state index contributed by atoms with van der Waals surface area (Å²) >= 11 is 0. The molecule has 0 aliphatic carbocycles. The highest BCUT2D eigenvalue weighted by molar-refractivity contribution is 5.78. The van der Waals surface area contributed by atoms with Crippen LogP contribution in [0.3, 0.4) is 0 Å². The van der Waals surface area contributed by atoms with Crippen LogP contribution in [-0.2, 0) is 6.42 Å². The second kappa shape index (κ2) is 9.02. The second-order valence-corrected chi connectivity index (χ2v) is 6.45. The standard InChI is InChI=1S/C20H25N5O2/c1-15-6-3-8-17-19(15)24-18(23-17)9-12-25(2)20(26)22-11-5-13-27-16-7-4-10-21-14-16/h3-4,6-8,10,14H,5,9,11-13H2,1-2H3,(H,22,26)(H,23,24). The average molecular weight is 367 g/mol. The maximum absolute atomic E-state index is 12.2. The quantitative estimate of drug-likeness (QED) is 0.600. The van der Waals surface area contributed by atoms with E-state index in [1.807, 2.05) is 37.3 Å². The van der Waals surface area contributed by atoms with Gasteiger partial charge in [-0.2, -0.15) is 0 Å². The molecule has 0 fully saturated rings. The molecule has 3 rings (SSSR count). The molecule has 3 aromatic rings. The molecule has 0 radical (unpaired) electrons. The first-order valence-corrected chi connectivity index (χ1v) is 9.09. The molecule has 0 saturated carbocycles. The van der Waals surface area contributed by atoms with E-state index in [0.29, 0.717) is 26.1 Å². The number of hydrogen-bond donors (Lipinski definition) is 2. The summed E-state index contributed by atoms with van der Waals surface area (Å²) in [5.74, 6) is 1.63. The van der Waals surface area contributed by atoms with E-state index in [4.69, 9.17) is 4.74 Å². The molecule has 2 N–H and O–H groups in total. The van der Waals surface area contributed by atoms with Crippen molar-refractivity contribution in [3.05, 3.63) is 54.1 Å². The predicted molar refractivity (Wildman–Crippen MR) is 105 cm³/mol. The number of ether oxygens (including phenoxy) is 1. The van der Waals surface area contributed by atoms with E-state index in [2.05, 4.69) is 20.3 Å². The van der Waals surface area contributed by atoms with Crippen LogP contribution in [0.25, 0.3) is 11.0 Å². The van der Waals surface area contributed by atoms with E-state index in [0.717, 1.165) is 34.6 Å². The van der Waals surface area contributed by atoms with Gasteiger partial charge >= 0.3 is 6.03 Å². The number of pyridine rings is 1. The number of nitrogens with zero attached hydrogens (tertiary/aromatic N) is 3. The van der Waals surface area contributed by atoms with Crippen LogP contribution in [0.2, 0.25) is 0 Å². The first-order chi connectivity index (χ1) is 13.1. The molecule has 0 saturated heterocycles. The molecule has 1 aromatic carbocycles. The molecule has 7 nitrogen and oxygen atoms in total. The molecule has 0 spiro atoms. The number of carbonyl (C=O) groups is 1. The van der Waals surface area contributed by atoms with Crippen LogP contribution in [0.4, 0.5) is 4.79 Å². The Morgan fingerprint density at radius 1 is 1.30 bits per heavy atom. The molecule has 2 amide bonds. The summed E-state index contributed by atoms with van der Waals surface area (Å²) in [7, 11) is 1.79. The Kier molecular flexibility index (Phi) is 6.25. The lowest BCUT2D eigenvalue weighted by Gasteiger charge is -2.17. The van der Waals surface area contributed by atoms with E-state index in [1.165, 1.54) is 0 Å². The van der Waals surface area contributed by atoms with Gasteiger partial charge in [-0.1, -0.05) is 12.1 Å². The van der Waals surface area contributed by atoms with Gasteiger partial charge in [-0.15, -0.1) is 0 Å². The fourth-order valence-electron chi connectivity index (χ4n) is 2.75. The maximum Gasteiger partial charge on any atom is 0.317 e. The summed E-state index contributed by atoms with van der Waals surface area (Å²) in [5, 5.41) is 2.90. The smallest absolute Gasteiger partial charge is 0.317 e. The highest BCUT2D eigenvalue weighted by Gasteiger charge is 2.10. The second-order valence-electron chi connectivity index (χ2n) is 6.45. The first-order valence-electron chi connectivity index (χ1n) is 9.09. The van der Waals surface area contributed by atoms with Crippen molar-refractivity contribution >= 4 is 17.1 Å². The van der Waals surface area contributed by atoms with Crippen molar-refractivity contribution in [2.75, 3.05) is 26.7 Å². The Hall–Kier alpha value is -3.09. The van der Waals surface area contributed by atoms with Crippen molar-refractivity contribution in [3.8, 4) is 5.75 Å². The lowest BCUT2D eigenvalue weighted by Crippen LogP contribution is -2.39. The van der Waals surface area contributed by atoms with Crippen molar-refractivity contribution in [2.24, 2.45) is 0 Å². The average Bonchev–Trinajstić information content (AvgIpc) is 3.11. The molecule has 2 heterocycles. The normalized spacial score (nSPS) is 10.7. The molecule has 0 aliphatic heterocycles. The molecule has 0 atom stereocenters.